The Kier molecular flexibility index (Phi) is 6.53. The lowest BCUT2D eigenvalue weighted by Crippen LogP contribution is -3.19. The Morgan fingerprint density at radius 2 is 1.76 bits per heavy atom. The van der Waals surface area contributed by atoms with E-state index in [9.17, 15) is 17.6 Å². The minimum atomic E-state index is -3.62. The van der Waals surface area contributed by atoms with Crippen LogP contribution >= 0.6 is 0 Å². The van der Waals surface area contributed by atoms with Crippen LogP contribution in [-0.4, -0.2) is 57.4 Å². The van der Waals surface area contributed by atoms with Gasteiger partial charge in [-0.15, -0.1) is 0 Å². The predicted octanol–water partition coefficient (Wildman–Crippen LogP) is -0.124. The summed E-state index contributed by atoms with van der Waals surface area (Å²) in [5.74, 6) is -0.0724. The lowest BCUT2D eigenvalue weighted by molar-refractivity contribution is -0.917. The third kappa shape index (κ3) is 4.99. The molecule has 8 heteroatoms. The van der Waals surface area contributed by atoms with Crippen LogP contribution in [0.25, 0.3) is 0 Å². The minimum Gasteiger partial charge on any atom is -0.351 e. The highest BCUT2D eigenvalue weighted by molar-refractivity contribution is 7.89. The van der Waals surface area contributed by atoms with Crippen molar-refractivity contribution in [1.82, 2.24) is 9.62 Å². The van der Waals surface area contributed by atoms with Crippen LogP contribution in [-0.2, 0) is 14.8 Å². The molecule has 1 aromatic rings. The average Bonchev–Trinajstić information content (AvgIpc) is 2.59. The molecule has 140 valence electrons. The summed E-state index contributed by atoms with van der Waals surface area (Å²) in [6, 6.07) is 4.65. The number of carbonyl (C=O) groups excluding carboxylic acids is 1. The molecule has 0 aliphatic carbocycles. The van der Waals surface area contributed by atoms with E-state index in [0.29, 0.717) is 38.6 Å². The van der Waals surface area contributed by atoms with Gasteiger partial charge in [-0.3, -0.25) is 4.79 Å². The third-order valence-electron chi connectivity index (χ3n) is 4.51. The molecule has 1 saturated heterocycles. The summed E-state index contributed by atoms with van der Waals surface area (Å²) < 4.78 is 39.6. The van der Waals surface area contributed by atoms with Crippen molar-refractivity contribution in [1.29, 1.82) is 0 Å². The summed E-state index contributed by atoms with van der Waals surface area (Å²) in [7, 11) is -3.62. The molecule has 2 rings (SSSR count). The fraction of sp³-hybridized carbons (Fsp3) is 0.588. The fourth-order valence-corrected chi connectivity index (χ4v) is 4.29. The number of amides is 1. The van der Waals surface area contributed by atoms with Crippen LogP contribution in [0.4, 0.5) is 4.39 Å². The molecule has 2 N–H and O–H groups in total. The lowest BCUT2D eigenvalue weighted by atomic mass is 10.2. The lowest BCUT2D eigenvalue weighted by Gasteiger charge is -2.34. The van der Waals surface area contributed by atoms with Crippen molar-refractivity contribution in [3.05, 3.63) is 30.1 Å². The molecular weight excluding hydrogens is 345 g/mol. The van der Waals surface area contributed by atoms with Crippen LogP contribution in [0.3, 0.4) is 0 Å². The molecule has 1 fully saturated rings. The molecule has 1 aliphatic rings. The molecular formula is C17H27FN3O3S+. The Morgan fingerprint density at radius 3 is 2.28 bits per heavy atom. The zero-order valence-corrected chi connectivity index (χ0v) is 15.8. The fourth-order valence-electron chi connectivity index (χ4n) is 2.85. The smallest absolute Gasteiger partial charge is 0.278 e. The van der Waals surface area contributed by atoms with Crippen molar-refractivity contribution in [3.8, 4) is 0 Å². The zero-order valence-electron chi connectivity index (χ0n) is 15.0. The number of benzene rings is 1. The van der Waals surface area contributed by atoms with Crippen LogP contribution in [0.1, 0.15) is 20.8 Å². The molecule has 1 atom stereocenters. The van der Waals surface area contributed by atoms with Crippen molar-refractivity contribution >= 4 is 15.9 Å². The normalized spacial score (nSPS) is 18.3. The first-order chi connectivity index (χ1) is 11.7. The van der Waals surface area contributed by atoms with Crippen LogP contribution in [0, 0.1) is 11.7 Å². The van der Waals surface area contributed by atoms with Crippen molar-refractivity contribution in [2.24, 2.45) is 5.92 Å². The monoisotopic (exact) mass is 372 g/mol. The van der Waals surface area contributed by atoms with Gasteiger partial charge in [-0.05, 0) is 37.1 Å². The van der Waals surface area contributed by atoms with Gasteiger partial charge in [0.05, 0.1) is 31.1 Å². The number of sulfonamides is 1. The number of quaternary nitrogens is 1. The number of hydrogen-bond acceptors (Lipinski definition) is 3. The van der Waals surface area contributed by atoms with Gasteiger partial charge < -0.3 is 10.2 Å². The summed E-state index contributed by atoms with van der Waals surface area (Å²) in [6.07, 6.45) is 0. The highest BCUT2D eigenvalue weighted by Crippen LogP contribution is 2.16. The zero-order chi connectivity index (χ0) is 18.6. The number of rotatable bonds is 6. The molecule has 0 spiro atoms. The first-order valence-electron chi connectivity index (χ1n) is 8.60. The third-order valence-corrected chi connectivity index (χ3v) is 6.42. The Morgan fingerprint density at radius 1 is 1.20 bits per heavy atom. The van der Waals surface area contributed by atoms with Gasteiger partial charge in [-0.2, -0.15) is 4.31 Å². The second-order valence-electron chi connectivity index (χ2n) is 6.88. The van der Waals surface area contributed by atoms with E-state index in [2.05, 4.69) is 5.32 Å². The minimum absolute atomic E-state index is 0.00135. The number of halogens is 1. The van der Waals surface area contributed by atoms with Crippen LogP contribution in [0.2, 0.25) is 0 Å². The highest BCUT2D eigenvalue weighted by atomic mass is 32.2. The molecule has 6 nitrogen and oxygen atoms in total. The van der Waals surface area contributed by atoms with Gasteiger partial charge in [0.25, 0.3) is 5.91 Å². The van der Waals surface area contributed by atoms with E-state index < -0.39 is 15.8 Å². The highest BCUT2D eigenvalue weighted by Gasteiger charge is 2.34. The molecule has 0 saturated carbocycles. The summed E-state index contributed by atoms with van der Waals surface area (Å²) in [6.45, 7) is 8.41. The molecule has 25 heavy (non-hydrogen) atoms. The summed E-state index contributed by atoms with van der Waals surface area (Å²) in [4.78, 5) is 13.4. The first-order valence-corrected chi connectivity index (χ1v) is 10.0. The maximum atomic E-state index is 13.0. The van der Waals surface area contributed by atoms with E-state index in [1.54, 1.807) is 0 Å². The van der Waals surface area contributed by atoms with Crippen molar-refractivity contribution in [2.75, 3.05) is 32.7 Å². The van der Waals surface area contributed by atoms with Gasteiger partial charge in [-0.1, -0.05) is 13.8 Å². The predicted molar refractivity (Wildman–Crippen MR) is 93.2 cm³/mol. The van der Waals surface area contributed by atoms with Crippen molar-refractivity contribution in [3.63, 3.8) is 0 Å². The maximum Gasteiger partial charge on any atom is 0.278 e. The van der Waals surface area contributed by atoms with Crippen molar-refractivity contribution in [2.45, 2.75) is 31.7 Å². The Hall–Kier alpha value is -1.51. The molecule has 0 unspecified atom stereocenters. The largest absolute Gasteiger partial charge is 0.351 e. The second kappa shape index (κ2) is 8.25. The summed E-state index contributed by atoms with van der Waals surface area (Å²) in [5, 5.41) is 2.92. The number of nitrogens with one attached hydrogen (secondary N) is 2. The van der Waals surface area contributed by atoms with E-state index in [-0.39, 0.29) is 16.8 Å². The topological polar surface area (TPSA) is 70.9 Å². The van der Waals surface area contributed by atoms with E-state index in [1.807, 2.05) is 20.8 Å². The molecule has 0 aromatic heterocycles. The van der Waals surface area contributed by atoms with Crippen LogP contribution < -0.4 is 10.2 Å². The number of piperazine rings is 1. The van der Waals surface area contributed by atoms with Gasteiger partial charge in [-0.25, -0.2) is 12.8 Å². The van der Waals surface area contributed by atoms with Crippen molar-refractivity contribution < 1.29 is 22.5 Å². The standard InChI is InChI=1S/C17H26FN3O3S/c1-13(2)12-19-17(22)14(3)20-8-10-21(11-9-20)25(23,24)16-6-4-15(18)5-7-16/h4-7,13-14H,8-12H2,1-3H3,(H,19,22)/p+1/t14-/m0/s1. The number of nitrogens with zero attached hydrogens (tertiary/aromatic N) is 1. The van der Waals surface area contributed by atoms with E-state index in [4.69, 9.17) is 0 Å². The summed E-state index contributed by atoms with van der Waals surface area (Å²) >= 11 is 0. The Labute approximate surface area is 149 Å². The quantitative estimate of drug-likeness (QED) is 0.731. The average molecular weight is 372 g/mol. The molecule has 0 bridgehead atoms. The number of hydrogen-bond donors (Lipinski definition) is 2. The van der Waals surface area contributed by atoms with E-state index in [0.717, 1.165) is 17.0 Å². The summed E-state index contributed by atoms with van der Waals surface area (Å²) in [5.41, 5.74) is 0. The van der Waals surface area contributed by atoms with Gasteiger partial charge in [0.1, 0.15) is 5.82 Å². The van der Waals surface area contributed by atoms with Gasteiger partial charge in [0.2, 0.25) is 10.0 Å². The molecule has 1 aliphatic heterocycles. The molecule has 1 amide bonds. The Balaban J connectivity index is 1.94. The Bertz CT molecular complexity index is 684. The first kappa shape index (κ1) is 19.8. The van der Waals surface area contributed by atoms with Crippen LogP contribution in [0.15, 0.2) is 29.2 Å². The SMILES string of the molecule is CC(C)CNC(=O)[C@H](C)[NH+]1CCN(S(=O)(=O)c2ccc(F)cc2)CC1. The van der Waals surface area contributed by atoms with Gasteiger partial charge >= 0.3 is 0 Å². The maximum absolute atomic E-state index is 13.0. The van der Waals surface area contributed by atoms with Gasteiger partial charge in [0, 0.05) is 6.54 Å². The second-order valence-corrected chi connectivity index (χ2v) is 8.81. The molecule has 1 aromatic carbocycles. The molecule has 1 heterocycles. The number of carbonyl (C=O) groups is 1. The van der Waals surface area contributed by atoms with E-state index in [1.165, 1.54) is 16.4 Å². The van der Waals surface area contributed by atoms with Gasteiger partial charge in [0.15, 0.2) is 6.04 Å². The van der Waals surface area contributed by atoms with Crippen LogP contribution in [0.5, 0.6) is 0 Å². The van der Waals surface area contributed by atoms with E-state index >= 15 is 0 Å². The molecule has 0 radical (unpaired) electrons.